The summed E-state index contributed by atoms with van der Waals surface area (Å²) in [6.07, 6.45) is 5.17. The highest BCUT2D eigenvalue weighted by Gasteiger charge is 2.37. The van der Waals surface area contributed by atoms with E-state index in [-0.39, 0.29) is 0 Å². The van der Waals surface area contributed by atoms with Gasteiger partial charge in [-0.05, 0) is 43.7 Å². The maximum Gasteiger partial charge on any atom is -0.00349 e. The van der Waals surface area contributed by atoms with Gasteiger partial charge in [0.1, 0.15) is 0 Å². The molecular weight excluding hydrogens is 170 g/mol. The van der Waals surface area contributed by atoms with Gasteiger partial charge in [0.25, 0.3) is 0 Å². The maximum absolute atomic E-state index is 5.70. The predicted molar refractivity (Wildman–Crippen MR) is 60.4 cm³/mol. The first-order chi connectivity index (χ1) is 6.77. The van der Waals surface area contributed by atoms with Crippen molar-refractivity contribution in [3.63, 3.8) is 0 Å². The van der Waals surface area contributed by atoms with E-state index in [1.807, 2.05) is 0 Å². The van der Waals surface area contributed by atoms with E-state index in [2.05, 4.69) is 31.2 Å². The molecule has 1 aliphatic carbocycles. The van der Waals surface area contributed by atoms with Crippen molar-refractivity contribution in [2.45, 2.75) is 38.0 Å². The van der Waals surface area contributed by atoms with Crippen LogP contribution in [0, 0.1) is 6.92 Å². The average Bonchev–Trinajstić information content (AvgIpc) is 2.11. The van der Waals surface area contributed by atoms with Crippen molar-refractivity contribution in [2.75, 3.05) is 6.54 Å². The van der Waals surface area contributed by atoms with E-state index in [9.17, 15) is 0 Å². The quantitative estimate of drug-likeness (QED) is 0.777. The zero-order valence-corrected chi connectivity index (χ0v) is 8.92. The molecule has 76 valence electrons. The highest BCUT2D eigenvalue weighted by atomic mass is 14.6. The first-order valence-electron chi connectivity index (χ1n) is 5.54. The van der Waals surface area contributed by atoms with Gasteiger partial charge < -0.3 is 5.73 Å². The Bertz CT molecular complexity index is 313. The molecule has 0 spiro atoms. The van der Waals surface area contributed by atoms with E-state index >= 15 is 0 Å². The normalized spacial score (nSPS) is 19.0. The Hall–Kier alpha value is -0.820. The summed E-state index contributed by atoms with van der Waals surface area (Å²) in [7, 11) is 0. The van der Waals surface area contributed by atoms with Crippen LogP contribution in [0.15, 0.2) is 24.3 Å². The van der Waals surface area contributed by atoms with Crippen LogP contribution in [0.2, 0.25) is 0 Å². The zero-order valence-electron chi connectivity index (χ0n) is 8.92. The molecule has 0 atom stereocenters. The Morgan fingerprint density at radius 2 is 2.14 bits per heavy atom. The van der Waals surface area contributed by atoms with E-state index in [1.54, 1.807) is 0 Å². The van der Waals surface area contributed by atoms with Crippen molar-refractivity contribution in [1.29, 1.82) is 0 Å². The molecule has 1 nitrogen and oxygen atoms in total. The monoisotopic (exact) mass is 189 g/mol. The van der Waals surface area contributed by atoms with Crippen molar-refractivity contribution < 1.29 is 0 Å². The Kier molecular flexibility index (Phi) is 2.60. The second-order valence-corrected chi connectivity index (χ2v) is 4.54. The molecule has 2 N–H and O–H groups in total. The third kappa shape index (κ3) is 1.57. The lowest BCUT2D eigenvalue weighted by molar-refractivity contribution is 0.229. The number of hydrogen-bond donors (Lipinski definition) is 1. The minimum atomic E-state index is 0.431. The summed E-state index contributed by atoms with van der Waals surface area (Å²) in [5.74, 6) is 0. The molecule has 1 heteroatoms. The summed E-state index contributed by atoms with van der Waals surface area (Å²) in [5.41, 5.74) is 9.01. The molecule has 1 aromatic rings. The van der Waals surface area contributed by atoms with Crippen LogP contribution in [-0.2, 0) is 5.41 Å². The van der Waals surface area contributed by atoms with Gasteiger partial charge in [0, 0.05) is 0 Å². The van der Waals surface area contributed by atoms with E-state index in [4.69, 9.17) is 5.73 Å². The molecule has 0 amide bonds. The van der Waals surface area contributed by atoms with Crippen molar-refractivity contribution in [3.8, 4) is 0 Å². The van der Waals surface area contributed by atoms with E-state index in [0.29, 0.717) is 5.41 Å². The van der Waals surface area contributed by atoms with Crippen LogP contribution in [0.1, 0.15) is 36.8 Å². The highest BCUT2D eigenvalue weighted by molar-refractivity contribution is 5.31. The van der Waals surface area contributed by atoms with Crippen LogP contribution in [0.25, 0.3) is 0 Å². The van der Waals surface area contributed by atoms with Crippen LogP contribution in [0.4, 0.5) is 0 Å². The van der Waals surface area contributed by atoms with Crippen molar-refractivity contribution in [2.24, 2.45) is 5.73 Å². The molecule has 0 radical (unpaired) electrons. The fourth-order valence-electron chi connectivity index (χ4n) is 2.54. The first kappa shape index (κ1) is 9.72. The number of rotatable bonds is 3. The van der Waals surface area contributed by atoms with Crippen LogP contribution in [0.5, 0.6) is 0 Å². The molecule has 1 aliphatic rings. The molecule has 0 bridgehead atoms. The molecule has 0 saturated heterocycles. The van der Waals surface area contributed by atoms with E-state index < -0.39 is 0 Å². The Morgan fingerprint density at radius 1 is 1.36 bits per heavy atom. The van der Waals surface area contributed by atoms with Gasteiger partial charge in [0.15, 0.2) is 0 Å². The smallest absolute Gasteiger partial charge is 0.00349 e. The summed E-state index contributed by atoms with van der Waals surface area (Å²) < 4.78 is 0. The molecule has 1 aromatic carbocycles. The van der Waals surface area contributed by atoms with Crippen LogP contribution in [-0.4, -0.2) is 6.54 Å². The van der Waals surface area contributed by atoms with Gasteiger partial charge in [-0.25, -0.2) is 0 Å². The van der Waals surface area contributed by atoms with E-state index in [1.165, 1.54) is 30.4 Å². The van der Waals surface area contributed by atoms with Gasteiger partial charge >= 0.3 is 0 Å². The fraction of sp³-hybridized carbons (Fsp3) is 0.538. The largest absolute Gasteiger partial charge is 0.330 e. The third-order valence-corrected chi connectivity index (χ3v) is 3.56. The fourth-order valence-corrected chi connectivity index (χ4v) is 2.54. The Balaban J connectivity index is 2.27. The van der Waals surface area contributed by atoms with Gasteiger partial charge in [-0.15, -0.1) is 0 Å². The summed E-state index contributed by atoms with van der Waals surface area (Å²) in [6.45, 7) is 2.98. The standard InChI is InChI=1S/C13H19N/c1-11-4-2-5-12(10-11)13(8-9-14)6-3-7-13/h2,4-5,10H,3,6-9,14H2,1H3. The minimum absolute atomic E-state index is 0.431. The van der Waals surface area contributed by atoms with Crippen molar-refractivity contribution in [3.05, 3.63) is 35.4 Å². The summed E-state index contributed by atoms with van der Waals surface area (Å²) in [4.78, 5) is 0. The second-order valence-electron chi connectivity index (χ2n) is 4.54. The Morgan fingerprint density at radius 3 is 2.64 bits per heavy atom. The molecule has 0 unspecified atom stereocenters. The number of nitrogens with two attached hydrogens (primary N) is 1. The Labute approximate surface area is 86.3 Å². The van der Waals surface area contributed by atoms with Gasteiger partial charge in [-0.1, -0.05) is 36.2 Å². The van der Waals surface area contributed by atoms with Crippen molar-refractivity contribution in [1.82, 2.24) is 0 Å². The molecule has 0 aliphatic heterocycles. The van der Waals surface area contributed by atoms with Gasteiger partial charge in [-0.3, -0.25) is 0 Å². The minimum Gasteiger partial charge on any atom is -0.330 e. The zero-order chi connectivity index (χ0) is 10.0. The molecule has 14 heavy (non-hydrogen) atoms. The SMILES string of the molecule is Cc1cccc(C2(CCN)CCC2)c1. The average molecular weight is 189 g/mol. The lowest BCUT2D eigenvalue weighted by atomic mass is 9.62. The summed E-state index contributed by atoms with van der Waals surface area (Å²) >= 11 is 0. The molecule has 0 aromatic heterocycles. The van der Waals surface area contributed by atoms with Gasteiger partial charge in [0.05, 0.1) is 0 Å². The lowest BCUT2D eigenvalue weighted by Gasteiger charge is -2.42. The topological polar surface area (TPSA) is 26.0 Å². The molecule has 0 heterocycles. The van der Waals surface area contributed by atoms with E-state index in [0.717, 1.165) is 13.0 Å². The first-order valence-corrected chi connectivity index (χ1v) is 5.54. The number of aryl methyl sites for hydroxylation is 1. The van der Waals surface area contributed by atoms with Crippen LogP contribution >= 0.6 is 0 Å². The third-order valence-electron chi connectivity index (χ3n) is 3.56. The van der Waals surface area contributed by atoms with Gasteiger partial charge in [0.2, 0.25) is 0 Å². The van der Waals surface area contributed by atoms with Gasteiger partial charge in [-0.2, -0.15) is 0 Å². The maximum atomic E-state index is 5.70. The molecule has 1 saturated carbocycles. The summed E-state index contributed by atoms with van der Waals surface area (Å²) in [6, 6.07) is 8.93. The number of hydrogen-bond acceptors (Lipinski definition) is 1. The molecular formula is C13H19N. The summed E-state index contributed by atoms with van der Waals surface area (Å²) in [5, 5.41) is 0. The number of benzene rings is 1. The second kappa shape index (κ2) is 3.74. The lowest BCUT2D eigenvalue weighted by Crippen LogP contribution is -2.36. The predicted octanol–water partition coefficient (Wildman–Crippen LogP) is 2.77. The van der Waals surface area contributed by atoms with Crippen LogP contribution in [0.3, 0.4) is 0 Å². The molecule has 2 rings (SSSR count). The molecule has 1 fully saturated rings. The van der Waals surface area contributed by atoms with Crippen LogP contribution < -0.4 is 5.73 Å². The van der Waals surface area contributed by atoms with Crippen molar-refractivity contribution >= 4 is 0 Å². The highest BCUT2D eigenvalue weighted by Crippen LogP contribution is 2.46.